The standard InChI is InChI=1S/C16H22ClFN2O2/c1-2-7-20-8-5-13(6-9-20)19-16(21)11-22-15-4-3-12(18)10-14(15)17/h3-4,10,13H,2,5-9,11H2,1H3,(H,19,21). The van der Waals surface area contributed by atoms with Gasteiger partial charge in [0.2, 0.25) is 0 Å². The van der Waals surface area contributed by atoms with E-state index < -0.39 is 5.82 Å². The topological polar surface area (TPSA) is 41.6 Å². The van der Waals surface area contributed by atoms with Gasteiger partial charge in [-0.15, -0.1) is 0 Å². The zero-order valence-corrected chi connectivity index (χ0v) is 13.5. The second-order valence-electron chi connectivity index (χ2n) is 5.55. The predicted octanol–water partition coefficient (Wildman–Crippen LogP) is 2.85. The fourth-order valence-corrected chi connectivity index (χ4v) is 2.84. The number of hydrogen-bond donors (Lipinski definition) is 1. The molecule has 0 aliphatic carbocycles. The summed E-state index contributed by atoms with van der Waals surface area (Å²) in [6.07, 6.45) is 3.08. The number of nitrogens with zero attached hydrogens (tertiary/aromatic N) is 1. The molecule has 1 aliphatic heterocycles. The van der Waals surface area contributed by atoms with Crippen LogP contribution < -0.4 is 10.1 Å². The van der Waals surface area contributed by atoms with Gasteiger partial charge in [-0.05, 0) is 44.0 Å². The van der Waals surface area contributed by atoms with Crippen LogP contribution >= 0.6 is 11.6 Å². The fourth-order valence-electron chi connectivity index (χ4n) is 2.62. The van der Waals surface area contributed by atoms with Crippen LogP contribution in [0.3, 0.4) is 0 Å². The van der Waals surface area contributed by atoms with E-state index in [9.17, 15) is 9.18 Å². The summed E-state index contributed by atoms with van der Waals surface area (Å²) < 4.78 is 18.3. The Hall–Kier alpha value is -1.33. The van der Waals surface area contributed by atoms with E-state index in [1.165, 1.54) is 12.1 Å². The Balaban J connectivity index is 1.72. The SMILES string of the molecule is CCCN1CCC(NC(=O)COc2ccc(F)cc2Cl)CC1. The highest BCUT2D eigenvalue weighted by molar-refractivity contribution is 6.32. The lowest BCUT2D eigenvalue weighted by atomic mass is 10.0. The maximum absolute atomic E-state index is 12.9. The van der Waals surface area contributed by atoms with Crippen LogP contribution in [0.5, 0.6) is 5.75 Å². The molecule has 1 fully saturated rings. The number of carbonyl (C=O) groups is 1. The van der Waals surface area contributed by atoms with Crippen molar-refractivity contribution in [1.82, 2.24) is 10.2 Å². The molecule has 0 spiro atoms. The third kappa shape index (κ3) is 5.14. The molecule has 1 heterocycles. The third-order valence-electron chi connectivity index (χ3n) is 3.75. The molecule has 0 radical (unpaired) electrons. The van der Waals surface area contributed by atoms with E-state index >= 15 is 0 Å². The van der Waals surface area contributed by atoms with Crippen LogP contribution in [0, 0.1) is 5.82 Å². The number of likely N-dealkylation sites (tertiary alicyclic amines) is 1. The summed E-state index contributed by atoms with van der Waals surface area (Å²) in [7, 11) is 0. The van der Waals surface area contributed by atoms with E-state index in [4.69, 9.17) is 16.3 Å². The molecule has 4 nitrogen and oxygen atoms in total. The van der Waals surface area contributed by atoms with Crippen molar-refractivity contribution >= 4 is 17.5 Å². The summed E-state index contributed by atoms with van der Waals surface area (Å²) in [5, 5.41) is 3.14. The van der Waals surface area contributed by atoms with Crippen molar-refractivity contribution in [3.8, 4) is 5.75 Å². The van der Waals surface area contributed by atoms with Crippen molar-refractivity contribution in [2.24, 2.45) is 0 Å². The smallest absolute Gasteiger partial charge is 0.258 e. The largest absolute Gasteiger partial charge is 0.482 e. The van der Waals surface area contributed by atoms with E-state index in [0.29, 0.717) is 5.75 Å². The van der Waals surface area contributed by atoms with Gasteiger partial charge in [-0.25, -0.2) is 4.39 Å². The molecule has 1 aromatic rings. The van der Waals surface area contributed by atoms with E-state index in [2.05, 4.69) is 17.1 Å². The van der Waals surface area contributed by atoms with Crippen molar-refractivity contribution in [2.45, 2.75) is 32.2 Å². The number of nitrogens with one attached hydrogen (secondary N) is 1. The van der Waals surface area contributed by atoms with Gasteiger partial charge < -0.3 is 15.0 Å². The molecule has 1 saturated heterocycles. The van der Waals surface area contributed by atoms with Gasteiger partial charge in [0.25, 0.3) is 5.91 Å². The van der Waals surface area contributed by atoms with Gasteiger partial charge in [0.1, 0.15) is 11.6 Å². The lowest BCUT2D eigenvalue weighted by Crippen LogP contribution is -2.46. The molecule has 1 aliphatic rings. The van der Waals surface area contributed by atoms with Gasteiger partial charge in [0.05, 0.1) is 5.02 Å². The van der Waals surface area contributed by atoms with E-state index in [0.717, 1.165) is 45.0 Å². The molecule has 0 aromatic heterocycles. The molecule has 6 heteroatoms. The Morgan fingerprint density at radius 1 is 1.45 bits per heavy atom. The fraction of sp³-hybridized carbons (Fsp3) is 0.562. The molecular formula is C16H22ClFN2O2. The molecule has 0 bridgehead atoms. The van der Waals surface area contributed by atoms with Crippen molar-refractivity contribution in [2.75, 3.05) is 26.2 Å². The minimum atomic E-state index is -0.430. The number of carbonyl (C=O) groups excluding carboxylic acids is 1. The van der Waals surface area contributed by atoms with E-state index in [1.54, 1.807) is 0 Å². The van der Waals surface area contributed by atoms with Gasteiger partial charge in [0, 0.05) is 19.1 Å². The van der Waals surface area contributed by atoms with Gasteiger partial charge >= 0.3 is 0 Å². The van der Waals surface area contributed by atoms with Crippen LogP contribution in [0.25, 0.3) is 0 Å². The number of benzene rings is 1. The monoisotopic (exact) mass is 328 g/mol. The molecule has 1 aromatic carbocycles. The van der Waals surface area contributed by atoms with Crippen LogP contribution in [0.2, 0.25) is 5.02 Å². The van der Waals surface area contributed by atoms with E-state index in [1.807, 2.05) is 0 Å². The quantitative estimate of drug-likeness (QED) is 0.873. The number of ether oxygens (including phenoxy) is 1. The Bertz CT molecular complexity index is 505. The van der Waals surface area contributed by atoms with Crippen LogP contribution in [0.4, 0.5) is 4.39 Å². The molecule has 0 saturated carbocycles. The summed E-state index contributed by atoms with van der Waals surface area (Å²) >= 11 is 5.85. The van der Waals surface area contributed by atoms with Crippen LogP contribution in [-0.4, -0.2) is 43.1 Å². The summed E-state index contributed by atoms with van der Waals surface area (Å²) in [5.74, 6) is -0.286. The first kappa shape index (κ1) is 17.0. The second kappa shape index (κ2) is 8.34. The highest BCUT2D eigenvalue weighted by Crippen LogP contribution is 2.24. The van der Waals surface area contributed by atoms with Crippen LogP contribution in [-0.2, 0) is 4.79 Å². The second-order valence-corrected chi connectivity index (χ2v) is 5.95. The third-order valence-corrected chi connectivity index (χ3v) is 4.04. The number of halogens is 2. The minimum absolute atomic E-state index is 0.111. The number of rotatable bonds is 6. The van der Waals surface area contributed by atoms with Gasteiger partial charge in [-0.2, -0.15) is 0 Å². The Morgan fingerprint density at radius 2 is 2.18 bits per heavy atom. The van der Waals surface area contributed by atoms with Crippen molar-refractivity contribution < 1.29 is 13.9 Å². The lowest BCUT2D eigenvalue weighted by Gasteiger charge is -2.32. The molecule has 0 unspecified atom stereocenters. The van der Waals surface area contributed by atoms with Gasteiger partial charge in [-0.1, -0.05) is 18.5 Å². The van der Waals surface area contributed by atoms with Crippen molar-refractivity contribution in [3.63, 3.8) is 0 Å². The first-order valence-corrected chi connectivity index (χ1v) is 8.06. The average Bonchev–Trinajstić information content (AvgIpc) is 2.49. The first-order chi connectivity index (χ1) is 10.6. The minimum Gasteiger partial charge on any atom is -0.482 e. The molecule has 122 valence electrons. The zero-order valence-electron chi connectivity index (χ0n) is 12.8. The van der Waals surface area contributed by atoms with Crippen LogP contribution in [0.15, 0.2) is 18.2 Å². The molecule has 1 amide bonds. The van der Waals surface area contributed by atoms with E-state index in [-0.39, 0.29) is 23.6 Å². The highest BCUT2D eigenvalue weighted by Gasteiger charge is 2.20. The zero-order chi connectivity index (χ0) is 15.9. The maximum atomic E-state index is 12.9. The lowest BCUT2D eigenvalue weighted by molar-refractivity contribution is -0.124. The number of amides is 1. The highest BCUT2D eigenvalue weighted by atomic mass is 35.5. The summed E-state index contributed by atoms with van der Waals surface area (Å²) in [5.41, 5.74) is 0. The summed E-state index contributed by atoms with van der Waals surface area (Å²) in [4.78, 5) is 14.3. The predicted molar refractivity (Wildman–Crippen MR) is 84.8 cm³/mol. The number of hydrogen-bond acceptors (Lipinski definition) is 3. The molecule has 1 N–H and O–H groups in total. The normalized spacial score (nSPS) is 16.5. The summed E-state index contributed by atoms with van der Waals surface area (Å²) in [6, 6.07) is 4.04. The molecule has 2 rings (SSSR count). The van der Waals surface area contributed by atoms with Gasteiger partial charge in [-0.3, -0.25) is 4.79 Å². The first-order valence-electron chi connectivity index (χ1n) is 7.68. The molecule has 0 atom stereocenters. The molecular weight excluding hydrogens is 307 g/mol. The van der Waals surface area contributed by atoms with Crippen LogP contribution in [0.1, 0.15) is 26.2 Å². The Morgan fingerprint density at radius 3 is 2.82 bits per heavy atom. The Labute approximate surface area is 135 Å². The average molecular weight is 329 g/mol. The van der Waals surface area contributed by atoms with Gasteiger partial charge in [0.15, 0.2) is 6.61 Å². The number of piperidine rings is 1. The Kier molecular flexibility index (Phi) is 6.46. The molecule has 22 heavy (non-hydrogen) atoms. The van der Waals surface area contributed by atoms with Crippen molar-refractivity contribution in [1.29, 1.82) is 0 Å². The van der Waals surface area contributed by atoms with Crippen molar-refractivity contribution in [3.05, 3.63) is 29.0 Å². The maximum Gasteiger partial charge on any atom is 0.258 e. The summed E-state index contributed by atoms with van der Waals surface area (Å²) in [6.45, 7) is 5.21.